The summed E-state index contributed by atoms with van der Waals surface area (Å²) in [6.45, 7) is 4.72. The summed E-state index contributed by atoms with van der Waals surface area (Å²) in [5.74, 6) is 1.81. The van der Waals surface area contributed by atoms with E-state index in [-0.39, 0.29) is 0 Å². The molecule has 0 aliphatic heterocycles. The normalized spacial score (nSPS) is 10.5. The van der Waals surface area contributed by atoms with Gasteiger partial charge in [-0.1, -0.05) is 40.8 Å². The number of ether oxygens (including phenoxy) is 1. The number of rotatable bonds is 5. The van der Waals surface area contributed by atoms with Gasteiger partial charge in [0.25, 0.3) is 0 Å². The fourth-order valence-electron chi connectivity index (χ4n) is 1.26. The zero-order valence-electron chi connectivity index (χ0n) is 9.84. The molecule has 3 nitrogen and oxygen atoms in total. The van der Waals surface area contributed by atoms with Gasteiger partial charge in [-0.15, -0.1) is 10.2 Å². The van der Waals surface area contributed by atoms with Gasteiger partial charge in [-0.25, -0.2) is 0 Å². The molecule has 1 aromatic heterocycles. The molecule has 90 valence electrons. The van der Waals surface area contributed by atoms with E-state index in [9.17, 15) is 0 Å². The summed E-state index contributed by atoms with van der Waals surface area (Å²) in [7, 11) is 0. The highest BCUT2D eigenvalue weighted by molar-refractivity contribution is 8.01. The Morgan fingerprint density at radius 1 is 1.18 bits per heavy atom. The predicted molar refractivity (Wildman–Crippen MR) is 72.0 cm³/mol. The molecule has 0 saturated carbocycles. The predicted octanol–water partition coefficient (Wildman–Crippen LogP) is 3.33. The van der Waals surface area contributed by atoms with Crippen molar-refractivity contribution in [2.45, 2.75) is 18.2 Å². The van der Waals surface area contributed by atoms with Crippen LogP contribution in [0.5, 0.6) is 5.75 Å². The van der Waals surface area contributed by atoms with Gasteiger partial charge < -0.3 is 4.74 Å². The van der Waals surface area contributed by atoms with E-state index in [1.54, 1.807) is 23.1 Å². The highest BCUT2D eigenvalue weighted by Crippen LogP contribution is 2.21. The lowest BCUT2D eigenvalue weighted by atomic mass is 10.2. The van der Waals surface area contributed by atoms with Crippen molar-refractivity contribution in [3.63, 3.8) is 0 Å². The van der Waals surface area contributed by atoms with Crippen LogP contribution in [0, 0.1) is 13.8 Å². The van der Waals surface area contributed by atoms with Crippen LogP contribution >= 0.6 is 23.1 Å². The molecular weight excluding hydrogens is 252 g/mol. The first-order valence-electron chi connectivity index (χ1n) is 5.36. The molecule has 0 fully saturated rings. The lowest BCUT2D eigenvalue weighted by molar-refractivity contribution is 0.344. The number of hydrogen-bond acceptors (Lipinski definition) is 5. The SMILES string of the molecule is Cc1ccc(OCCSc2nnc(C)s2)cc1. The second-order valence-corrected chi connectivity index (χ2v) is 6.12. The van der Waals surface area contributed by atoms with Crippen molar-refractivity contribution in [1.29, 1.82) is 0 Å². The maximum atomic E-state index is 5.63. The number of hydrogen-bond donors (Lipinski definition) is 0. The van der Waals surface area contributed by atoms with Crippen molar-refractivity contribution in [2.75, 3.05) is 12.4 Å². The second kappa shape index (κ2) is 6.02. The van der Waals surface area contributed by atoms with E-state index < -0.39 is 0 Å². The Kier molecular flexibility index (Phi) is 4.39. The third-order valence-electron chi connectivity index (χ3n) is 2.11. The lowest BCUT2D eigenvalue weighted by Gasteiger charge is -2.04. The summed E-state index contributed by atoms with van der Waals surface area (Å²) in [6, 6.07) is 8.09. The van der Waals surface area contributed by atoms with E-state index in [0.29, 0.717) is 6.61 Å². The van der Waals surface area contributed by atoms with E-state index in [0.717, 1.165) is 20.8 Å². The molecule has 1 heterocycles. The van der Waals surface area contributed by atoms with Gasteiger partial charge >= 0.3 is 0 Å². The highest BCUT2D eigenvalue weighted by Gasteiger charge is 2.01. The van der Waals surface area contributed by atoms with E-state index in [1.807, 2.05) is 19.1 Å². The van der Waals surface area contributed by atoms with Crippen LogP contribution in [0.4, 0.5) is 0 Å². The van der Waals surface area contributed by atoms with Gasteiger partial charge in [-0.3, -0.25) is 0 Å². The fourth-order valence-corrected chi connectivity index (χ4v) is 2.96. The zero-order chi connectivity index (χ0) is 12.1. The average molecular weight is 266 g/mol. The van der Waals surface area contributed by atoms with Crippen molar-refractivity contribution in [1.82, 2.24) is 10.2 Å². The average Bonchev–Trinajstić information content (AvgIpc) is 2.73. The second-order valence-electron chi connectivity index (χ2n) is 3.60. The molecule has 0 saturated heterocycles. The molecule has 0 aliphatic rings. The molecule has 0 unspecified atom stereocenters. The van der Waals surface area contributed by atoms with Crippen molar-refractivity contribution >= 4 is 23.1 Å². The molecule has 0 aliphatic carbocycles. The van der Waals surface area contributed by atoms with Crippen molar-refractivity contribution < 1.29 is 4.74 Å². The molecule has 2 rings (SSSR count). The topological polar surface area (TPSA) is 35.0 Å². The van der Waals surface area contributed by atoms with Crippen LogP contribution < -0.4 is 4.74 Å². The Labute approximate surface area is 109 Å². The monoisotopic (exact) mass is 266 g/mol. The molecule has 2 aromatic rings. The van der Waals surface area contributed by atoms with Gasteiger partial charge in [0.15, 0.2) is 4.34 Å². The van der Waals surface area contributed by atoms with Gasteiger partial charge in [-0.05, 0) is 26.0 Å². The van der Waals surface area contributed by atoms with E-state index in [1.165, 1.54) is 5.56 Å². The van der Waals surface area contributed by atoms with Crippen LogP contribution in [0.3, 0.4) is 0 Å². The van der Waals surface area contributed by atoms with Crippen LogP contribution in [-0.4, -0.2) is 22.6 Å². The summed E-state index contributed by atoms with van der Waals surface area (Å²) in [5, 5.41) is 9.02. The van der Waals surface area contributed by atoms with Crippen LogP contribution in [0.1, 0.15) is 10.6 Å². The Balaban J connectivity index is 1.71. The smallest absolute Gasteiger partial charge is 0.174 e. The molecule has 0 spiro atoms. The molecule has 0 radical (unpaired) electrons. The van der Waals surface area contributed by atoms with Crippen molar-refractivity contribution in [2.24, 2.45) is 0 Å². The third-order valence-corrected chi connectivity index (χ3v) is 4.04. The van der Waals surface area contributed by atoms with E-state index >= 15 is 0 Å². The van der Waals surface area contributed by atoms with Gasteiger partial charge in [0.05, 0.1) is 6.61 Å². The minimum absolute atomic E-state index is 0.687. The van der Waals surface area contributed by atoms with E-state index in [2.05, 4.69) is 29.3 Å². The lowest BCUT2D eigenvalue weighted by Crippen LogP contribution is -1.99. The standard InChI is InChI=1S/C12H14N2OS2/c1-9-3-5-11(6-4-9)15-7-8-16-12-14-13-10(2)17-12/h3-6H,7-8H2,1-2H3. The molecule has 5 heteroatoms. The number of nitrogens with zero attached hydrogens (tertiary/aromatic N) is 2. The van der Waals surface area contributed by atoms with Gasteiger partial charge in [0, 0.05) is 5.75 Å². The first-order chi connectivity index (χ1) is 8.24. The number of benzene rings is 1. The minimum atomic E-state index is 0.687. The summed E-state index contributed by atoms with van der Waals surface area (Å²) in [4.78, 5) is 0. The van der Waals surface area contributed by atoms with Crippen molar-refractivity contribution in [3.05, 3.63) is 34.8 Å². The first-order valence-corrected chi connectivity index (χ1v) is 7.16. The number of thioether (sulfide) groups is 1. The summed E-state index contributed by atoms with van der Waals surface area (Å²) >= 11 is 3.30. The van der Waals surface area contributed by atoms with Crippen LogP contribution in [-0.2, 0) is 0 Å². The number of aromatic nitrogens is 2. The van der Waals surface area contributed by atoms with Crippen LogP contribution in [0.2, 0.25) is 0 Å². The van der Waals surface area contributed by atoms with Gasteiger partial charge in [-0.2, -0.15) is 0 Å². The first kappa shape index (κ1) is 12.4. The third kappa shape index (κ3) is 4.02. The summed E-state index contributed by atoms with van der Waals surface area (Å²) < 4.78 is 6.63. The maximum absolute atomic E-state index is 5.63. The van der Waals surface area contributed by atoms with E-state index in [4.69, 9.17) is 4.74 Å². The zero-order valence-corrected chi connectivity index (χ0v) is 11.5. The molecule has 0 amide bonds. The van der Waals surface area contributed by atoms with Crippen LogP contribution in [0.25, 0.3) is 0 Å². The molecule has 1 aromatic carbocycles. The van der Waals surface area contributed by atoms with Crippen LogP contribution in [0.15, 0.2) is 28.6 Å². The highest BCUT2D eigenvalue weighted by atomic mass is 32.2. The Bertz CT molecular complexity index is 468. The molecular formula is C12H14N2OS2. The Morgan fingerprint density at radius 3 is 2.59 bits per heavy atom. The molecule has 0 N–H and O–H groups in total. The Hall–Kier alpha value is -1.07. The molecule has 0 atom stereocenters. The number of aryl methyl sites for hydroxylation is 2. The largest absolute Gasteiger partial charge is 0.493 e. The summed E-state index contributed by atoms with van der Waals surface area (Å²) in [6.07, 6.45) is 0. The van der Waals surface area contributed by atoms with Gasteiger partial charge in [0.1, 0.15) is 10.8 Å². The maximum Gasteiger partial charge on any atom is 0.174 e. The molecule has 17 heavy (non-hydrogen) atoms. The fraction of sp³-hybridized carbons (Fsp3) is 0.333. The quantitative estimate of drug-likeness (QED) is 0.614. The molecule has 0 bridgehead atoms. The summed E-state index contributed by atoms with van der Waals surface area (Å²) in [5.41, 5.74) is 1.25. The van der Waals surface area contributed by atoms with Gasteiger partial charge in [0.2, 0.25) is 0 Å². The van der Waals surface area contributed by atoms with Crippen molar-refractivity contribution in [3.8, 4) is 5.75 Å². The Morgan fingerprint density at radius 2 is 1.94 bits per heavy atom. The minimum Gasteiger partial charge on any atom is -0.493 e.